The molecule has 79 heavy (non-hydrogen) atoms. The van der Waals surface area contributed by atoms with Gasteiger partial charge in [-0.15, -0.1) is 23.8 Å². The third kappa shape index (κ3) is 10.6. The van der Waals surface area contributed by atoms with Gasteiger partial charge in [0.05, 0.1) is 22.3 Å². The molecule has 0 atom stereocenters. The Kier molecular flexibility index (Phi) is 14.7. The SMILES string of the molecule is CC(C)(C)c1ccc(-n2c(-c3cc(C(C)(C)C)cc(C(C)(C)C)c3O)nc3c(-c4[c-]c(-c5cc(-c6ccc(C(C)(c7ccccc7)c7ccccc7)cc6)ccn5)cc(-c5ccccc5)c4)cccc32)c(-c2ccccc2)c1.[Pt]. The zero-order valence-electron chi connectivity index (χ0n) is 47.0. The van der Waals surface area contributed by atoms with E-state index in [9.17, 15) is 5.11 Å². The van der Waals surface area contributed by atoms with Gasteiger partial charge in [-0.2, -0.15) is 0 Å². The fraction of sp³-hybridized carbons (Fsp3) is 0.189. The summed E-state index contributed by atoms with van der Waals surface area (Å²) in [4.78, 5) is 10.8. The van der Waals surface area contributed by atoms with Crippen LogP contribution in [0.25, 0.3) is 83.9 Å². The first-order valence-corrected chi connectivity index (χ1v) is 27.3. The predicted octanol–water partition coefficient (Wildman–Crippen LogP) is 19.2. The van der Waals surface area contributed by atoms with Crippen molar-refractivity contribution < 1.29 is 26.2 Å². The van der Waals surface area contributed by atoms with Crippen molar-refractivity contribution in [1.82, 2.24) is 14.5 Å². The van der Waals surface area contributed by atoms with Gasteiger partial charge >= 0.3 is 0 Å². The van der Waals surface area contributed by atoms with Gasteiger partial charge in [0.15, 0.2) is 0 Å². The number of nitrogens with zero attached hydrogens (tertiary/aromatic N) is 3. The van der Waals surface area contributed by atoms with Crippen LogP contribution in [0.5, 0.6) is 5.75 Å². The molecule has 0 radical (unpaired) electrons. The molecule has 0 bridgehead atoms. The molecule has 0 aliphatic carbocycles. The molecule has 5 heteroatoms. The summed E-state index contributed by atoms with van der Waals surface area (Å²) in [6.45, 7) is 22.3. The van der Waals surface area contributed by atoms with Crippen LogP contribution in [0.2, 0.25) is 0 Å². The maximum Gasteiger partial charge on any atom is 0.148 e. The third-order valence-corrected chi connectivity index (χ3v) is 15.7. The number of para-hydroxylation sites is 1. The number of imidazole rings is 1. The first kappa shape index (κ1) is 54.4. The van der Waals surface area contributed by atoms with Crippen LogP contribution in [0.4, 0.5) is 0 Å². The molecular weight excluding hydrogens is 1140 g/mol. The van der Waals surface area contributed by atoms with Gasteiger partial charge in [0.1, 0.15) is 11.6 Å². The average Bonchev–Trinajstić information content (AvgIpc) is 4.13. The summed E-state index contributed by atoms with van der Waals surface area (Å²) in [6, 6.07) is 82.0. The maximum absolute atomic E-state index is 12.7. The summed E-state index contributed by atoms with van der Waals surface area (Å²) < 4.78 is 2.28. The zero-order chi connectivity index (χ0) is 54.6. The number of fused-ring (bicyclic) bond motifs is 1. The molecule has 11 rings (SSSR count). The number of hydrogen-bond acceptors (Lipinski definition) is 3. The number of pyridine rings is 1. The van der Waals surface area contributed by atoms with Gasteiger partial charge in [0.2, 0.25) is 0 Å². The van der Waals surface area contributed by atoms with E-state index in [0.717, 1.165) is 83.6 Å². The molecule has 1 N–H and O–H groups in total. The van der Waals surface area contributed by atoms with Gasteiger partial charge in [-0.05, 0) is 104 Å². The molecule has 0 spiro atoms. The van der Waals surface area contributed by atoms with Crippen LogP contribution >= 0.6 is 0 Å². The van der Waals surface area contributed by atoms with Crippen LogP contribution in [0.3, 0.4) is 0 Å². The molecule has 0 amide bonds. The monoisotopic (exact) mass is 1210 g/mol. The van der Waals surface area contributed by atoms with Crippen LogP contribution in [0.1, 0.15) is 103 Å². The summed E-state index contributed by atoms with van der Waals surface area (Å²) in [6.07, 6.45) is 1.91. The number of phenolic OH excluding ortho intramolecular Hbond substituents is 1. The van der Waals surface area contributed by atoms with Crippen molar-refractivity contribution in [3.8, 4) is 78.6 Å². The van der Waals surface area contributed by atoms with Crippen LogP contribution in [-0.4, -0.2) is 19.6 Å². The number of phenols is 1. The first-order chi connectivity index (χ1) is 37.4. The Morgan fingerprint density at radius 2 is 0.937 bits per heavy atom. The van der Waals surface area contributed by atoms with E-state index in [1.807, 2.05) is 6.20 Å². The minimum absolute atomic E-state index is 0. The molecule has 396 valence electrons. The fourth-order valence-corrected chi connectivity index (χ4v) is 11.0. The first-order valence-electron chi connectivity index (χ1n) is 27.3. The largest absolute Gasteiger partial charge is 0.507 e. The van der Waals surface area contributed by atoms with Gasteiger partial charge in [0, 0.05) is 49.5 Å². The summed E-state index contributed by atoms with van der Waals surface area (Å²) in [5.74, 6) is 0.906. The van der Waals surface area contributed by atoms with Crippen molar-refractivity contribution in [3.63, 3.8) is 0 Å². The summed E-state index contributed by atoms with van der Waals surface area (Å²) >= 11 is 0. The molecule has 0 saturated heterocycles. The quantitative estimate of drug-likeness (QED) is 0.110. The Morgan fingerprint density at radius 3 is 1.53 bits per heavy atom. The molecule has 2 aromatic heterocycles. The molecule has 9 aromatic carbocycles. The number of benzene rings is 9. The van der Waals surface area contributed by atoms with Gasteiger partial charge in [-0.1, -0.05) is 255 Å². The van der Waals surface area contributed by atoms with Crippen molar-refractivity contribution >= 4 is 11.0 Å². The van der Waals surface area contributed by atoms with E-state index in [1.165, 1.54) is 22.3 Å². The Morgan fingerprint density at radius 1 is 0.405 bits per heavy atom. The molecule has 0 saturated carbocycles. The van der Waals surface area contributed by atoms with E-state index >= 15 is 0 Å². The zero-order valence-corrected chi connectivity index (χ0v) is 49.2. The Labute approximate surface area is 482 Å². The van der Waals surface area contributed by atoms with E-state index in [4.69, 9.17) is 9.97 Å². The second-order valence-electron chi connectivity index (χ2n) is 24.1. The molecule has 0 aliphatic rings. The van der Waals surface area contributed by atoms with E-state index in [-0.39, 0.29) is 48.5 Å². The normalized spacial score (nSPS) is 12.1. The Balaban J connectivity index is 0.00000704. The van der Waals surface area contributed by atoms with Crippen molar-refractivity contribution in [3.05, 3.63) is 264 Å². The number of hydrogen-bond donors (Lipinski definition) is 1. The van der Waals surface area contributed by atoms with Gasteiger partial charge in [0.25, 0.3) is 0 Å². The Bertz CT molecular complexity index is 3910. The maximum atomic E-state index is 12.7. The average molecular weight is 1210 g/mol. The Hall–Kier alpha value is -7.91. The minimum Gasteiger partial charge on any atom is -0.507 e. The van der Waals surface area contributed by atoms with Gasteiger partial charge < -0.3 is 5.11 Å². The van der Waals surface area contributed by atoms with Crippen molar-refractivity contribution in [2.75, 3.05) is 0 Å². The van der Waals surface area contributed by atoms with Gasteiger partial charge in [-0.3, -0.25) is 9.55 Å². The summed E-state index contributed by atoms with van der Waals surface area (Å²) in [5, 5.41) is 12.7. The topological polar surface area (TPSA) is 50.9 Å². The standard InChI is InChI=1S/C74H68N3O.Pt/c1-71(2,3)59-38-39-66(62(46-59)51-26-17-12-18-27-51)77-67-33-23-32-61(68(67)76-70(77)63-47-60(72(4,5)6)48-64(69(63)78)73(7,8)9)54-42-53(49-24-15-11-16-25-49)43-55(44-54)65-45-52(40-41-75-65)50-34-36-58(37-35-50)74(10,56-28-19-13-20-29-56)57-30-21-14-22-31-57;/h11-43,45-48,78H,1-10H3;/q-1;. The summed E-state index contributed by atoms with van der Waals surface area (Å²) in [5.41, 5.74) is 19.3. The summed E-state index contributed by atoms with van der Waals surface area (Å²) in [7, 11) is 0. The molecule has 11 aromatic rings. The van der Waals surface area contributed by atoms with Crippen molar-refractivity contribution in [2.24, 2.45) is 0 Å². The molecule has 0 unspecified atom stereocenters. The van der Waals surface area contributed by atoms with Gasteiger partial charge in [-0.25, -0.2) is 4.98 Å². The minimum atomic E-state index is -0.351. The third-order valence-electron chi connectivity index (χ3n) is 15.7. The molecular formula is C74H68N3OPt-. The van der Waals surface area contributed by atoms with Crippen LogP contribution in [-0.2, 0) is 42.7 Å². The number of aromatic nitrogens is 3. The molecule has 0 fully saturated rings. The van der Waals surface area contributed by atoms with Crippen LogP contribution < -0.4 is 0 Å². The number of rotatable bonds is 10. The van der Waals surface area contributed by atoms with E-state index in [1.54, 1.807) is 0 Å². The van der Waals surface area contributed by atoms with E-state index in [2.05, 4.69) is 298 Å². The van der Waals surface area contributed by atoms with Crippen molar-refractivity contribution in [2.45, 2.75) is 90.9 Å². The smallest absolute Gasteiger partial charge is 0.148 e. The molecule has 2 heterocycles. The van der Waals surface area contributed by atoms with E-state index in [0.29, 0.717) is 11.4 Å². The number of aromatic hydroxyl groups is 1. The fourth-order valence-electron chi connectivity index (χ4n) is 11.0. The van der Waals surface area contributed by atoms with E-state index < -0.39 is 0 Å². The molecule has 4 nitrogen and oxygen atoms in total. The second kappa shape index (κ2) is 21.4. The molecule has 0 aliphatic heterocycles. The predicted molar refractivity (Wildman–Crippen MR) is 327 cm³/mol. The van der Waals surface area contributed by atoms with Crippen molar-refractivity contribution in [1.29, 1.82) is 0 Å². The van der Waals surface area contributed by atoms with Crippen LogP contribution in [0.15, 0.2) is 225 Å². The second-order valence-corrected chi connectivity index (χ2v) is 24.1. The van der Waals surface area contributed by atoms with Crippen LogP contribution in [0, 0.1) is 6.07 Å².